The average Bonchev–Trinajstić information content (AvgIpc) is 2.37. The third-order valence-corrected chi connectivity index (χ3v) is 2.83. The number of hydrogen-bond donors (Lipinski definition) is 1. The summed E-state index contributed by atoms with van der Waals surface area (Å²) in [6.45, 7) is 5.70. The highest BCUT2D eigenvalue weighted by molar-refractivity contribution is 5.79. The molecule has 112 valence electrons. The van der Waals surface area contributed by atoms with Crippen molar-refractivity contribution in [3.05, 3.63) is 41.8 Å². The molecule has 21 heavy (non-hydrogen) atoms. The van der Waals surface area contributed by atoms with Crippen LogP contribution in [0.15, 0.2) is 30.5 Å². The van der Waals surface area contributed by atoms with Gasteiger partial charge in [0.25, 0.3) is 0 Å². The monoisotopic (exact) mass is 290 g/mol. The lowest BCUT2D eigenvalue weighted by Crippen LogP contribution is -2.33. The Morgan fingerprint density at radius 3 is 2.86 bits per heavy atom. The predicted octanol–water partition coefficient (Wildman–Crippen LogP) is 3.44. The number of amides is 1. The normalized spacial score (nSPS) is 11.4. The summed E-state index contributed by atoms with van der Waals surface area (Å²) < 4.78 is 19.1. The van der Waals surface area contributed by atoms with E-state index in [9.17, 15) is 9.18 Å². The molecule has 0 spiro atoms. The highest BCUT2D eigenvalue weighted by atomic mass is 19.1. The number of carbonyl (C=O) groups is 1. The van der Waals surface area contributed by atoms with Crippen molar-refractivity contribution in [2.75, 3.05) is 6.54 Å². The molecule has 0 aliphatic rings. The van der Waals surface area contributed by atoms with Crippen LogP contribution < -0.4 is 5.32 Å². The predicted molar refractivity (Wildman–Crippen MR) is 79.6 cm³/mol. The van der Waals surface area contributed by atoms with Gasteiger partial charge in [-0.2, -0.15) is 0 Å². The van der Waals surface area contributed by atoms with Gasteiger partial charge in [0.1, 0.15) is 11.4 Å². The van der Waals surface area contributed by atoms with E-state index in [-0.39, 0.29) is 5.82 Å². The molecule has 0 saturated heterocycles. The van der Waals surface area contributed by atoms with E-state index in [0.29, 0.717) is 24.0 Å². The molecule has 1 heterocycles. The third-order valence-electron chi connectivity index (χ3n) is 2.83. The van der Waals surface area contributed by atoms with Gasteiger partial charge in [-0.3, -0.25) is 4.98 Å². The Balaban J connectivity index is 1.97. The Kier molecular flexibility index (Phi) is 4.40. The van der Waals surface area contributed by atoms with Gasteiger partial charge in [-0.1, -0.05) is 6.07 Å². The minimum Gasteiger partial charge on any atom is -0.444 e. The van der Waals surface area contributed by atoms with Crippen LogP contribution in [0.2, 0.25) is 0 Å². The molecule has 0 saturated carbocycles. The zero-order chi connectivity index (χ0) is 15.5. The van der Waals surface area contributed by atoms with Crippen LogP contribution in [-0.2, 0) is 11.2 Å². The highest BCUT2D eigenvalue weighted by Gasteiger charge is 2.15. The molecule has 1 N–H and O–H groups in total. The summed E-state index contributed by atoms with van der Waals surface area (Å²) in [6, 6.07) is 6.86. The summed E-state index contributed by atoms with van der Waals surface area (Å²) in [7, 11) is 0. The van der Waals surface area contributed by atoms with Crippen LogP contribution in [0.1, 0.15) is 26.3 Å². The number of halogens is 1. The number of fused-ring (bicyclic) bond motifs is 1. The summed E-state index contributed by atoms with van der Waals surface area (Å²) in [5, 5.41) is 3.50. The van der Waals surface area contributed by atoms with Crippen LogP contribution in [0.3, 0.4) is 0 Å². The van der Waals surface area contributed by atoms with Gasteiger partial charge in [0.15, 0.2) is 0 Å². The largest absolute Gasteiger partial charge is 0.444 e. The lowest BCUT2D eigenvalue weighted by Gasteiger charge is -2.19. The van der Waals surface area contributed by atoms with E-state index in [1.807, 2.05) is 12.1 Å². The SMILES string of the molecule is CC(C)(C)OC(=O)NCCc1cc2cccnc2cc1F. The Labute approximate surface area is 123 Å². The molecular weight excluding hydrogens is 271 g/mol. The van der Waals surface area contributed by atoms with E-state index in [1.54, 1.807) is 33.0 Å². The maximum atomic E-state index is 13.9. The first-order valence-corrected chi connectivity index (χ1v) is 6.85. The van der Waals surface area contributed by atoms with Crippen molar-refractivity contribution in [1.82, 2.24) is 10.3 Å². The summed E-state index contributed by atoms with van der Waals surface area (Å²) in [6.07, 6.45) is 1.53. The van der Waals surface area contributed by atoms with E-state index >= 15 is 0 Å². The Morgan fingerprint density at radius 1 is 1.38 bits per heavy atom. The van der Waals surface area contributed by atoms with Crippen LogP contribution >= 0.6 is 0 Å². The Hall–Kier alpha value is -2.17. The number of nitrogens with zero attached hydrogens (tertiary/aromatic N) is 1. The number of aromatic nitrogens is 1. The molecule has 0 aliphatic carbocycles. The van der Waals surface area contributed by atoms with Gasteiger partial charge < -0.3 is 10.1 Å². The number of alkyl carbamates (subject to hydrolysis) is 1. The standard InChI is InChI=1S/C16H19FN2O2/c1-16(2,3)21-15(20)19-8-6-11-9-12-5-4-7-18-14(12)10-13(11)17/h4-5,7,9-10H,6,8H2,1-3H3,(H,19,20). The number of carbonyl (C=O) groups excluding carboxylic acids is 1. The highest BCUT2D eigenvalue weighted by Crippen LogP contribution is 2.17. The van der Waals surface area contributed by atoms with Gasteiger partial charge in [0, 0.05) is 24.2 Å². The minimum absolute atomic E-state index is 0.313. The second-order valence-electron chi connectivity index (χ2n) is 5.82. The first-order valence-electron chi connectivity index (χ1n) is 6.85. The van der Waals surface area contributed by atoms with E-state index in [2.05, 4.69) is 10.3 Å². The van der Waals surface area contributed by atoms with Crippen molar-refractivity contribution in [2.45, 2.75) is 32.8 Å². The van der Waals surface area contributed by atoms with Gasteiger partial charge in [0.2, 0.25) is 0 Å². The molecule has 1 aromatic heterocycles. The van der Waals surface area contributed by atoms with E-state index < -0.39 is 11.7 Å². The number of rotatable bonds is 3. The molecule has 5 heteroatoms. The molecule has 0 radical (unpaired) electrons. The second kappa shape index (κ2) is 6.08. The first-order chi connectivity index (χ1) is 9.85. The summed E-state index contributed by atoms with van der Waals surface area (Å²) in [5.74, 6) is -0.313. The fourth-order valence-corrected chi connectivity index (χ4v) is 1.95. The maximum absolute atomic E-state index is 13.9. The number of benzene rings is 1. The van der Waals surface area contributed by atoms with Crippen molar-refractivity contribution in [3.8, 4) is 0 Å². The molecule has 0 bridgehead atoms. The zero-order valence-electron chi connectivity index (χ0n) is 12.4. The summed E-state index contributed by atoms with van der Waals surface area (Å²) >= 11 is 0. The zero-order valence-corrected chi connectivity index (χ0v) is 12.4. The Bertz CT molecular complexity index is 650. The molecular formula is C16H19FN2O2. The molecule has 1 aromatic carbocycles. The molecule has 2 rings (SSSR count). The van der Waals surface area contributed by atoms with Gasteiger partial charge in [0.05, 0.1) is 5.52 Å². The maximum Gasteiger partial charge on any atom is 0.407 e. The van der Waals surface area contributed by atoms with E-state index in [4.69, 9.17) is 4.74 Å². The topological polar surface area (TPSA) is 51.2 Å². The molecule has 0 fully saturated rings. The van der Waals surface area contributed by atoms with Crippen molar-refractivity contribution in [2.24, 2.45) is 0 Å². The minimum atomic E-state index is -0.538. The van der Waals surface area contributed by atoms with Crippen LogP contribution in [0.25, 0.3) is 10.9 Å². The van der Waals surface area contributed by atoms with E-state index in [0.717, 1.165) is 5.39 Å². The number of nitrogens with one attached hydrogen (secondary N) is 1. The van der Waals surface area contributed by atoms with Gasteiger partial charge in [-0.25, -0.2) is 9.18 Å². The number of hydrogen-bond acceptors (Lipinski definition) is 3. The lowest BCUT2D eigenvalue weighted by atomic mass is 10.1. The smallest absolute Gasteiger partial charge is 0.407 e. The fraction of sp³-hybridized carbons (Fsp3) is 0.375. The Morgan fingerprint density at radius 2 is 2.14 bits per heavy atom. The lowest BCUT2D eigenvalue weighted by molar-refractivity contribution is 0.0528. The number of ether oxygens (including phenoxy) is 1. The van der Waals surface area contributed by atoms with Crippen molar-refractivity contribution in [1.29, 1.82) is 0 Å². The molecule has 0 unspecified atom stereocenters. The molecule has 0 aliphatic heterocycles. The third kappa shape index (κ3) is 4.41. The molecule has 4 nitrogen and oxygen atoms in total. The van der Waals surface area contributed by atoms with Crippen LogP contribution in [0.4, 0.5) is 9.18 Å². The van der Waals surface area contributed by atoms with Gasteiger partial charge in [-0.15, -0.1) is 0 Å². The fourth-order valence-electron chi connectivity index (χ4n) is 1.95. The average molecular weight is 290 g/mol. The second-order valence-corrected chi connectivity index (χ2v) is 5.82. The van der Waals surface area contributed by atoms with Crippen LogP contribution in [0.5, 0.6) is 0 Å². The quantitative estimate of drug-likeness (QED) is 0.942. The number of pyridine rings is 1. The van der Waals surface area contributed by atoms with Crippen molar-refractivity contribution >= 4 is 17.0 Å². The van der Waals surface area contributed by atoms with Gasteiger partial charge >= 0.3 is 6.09 Å². The van der Waals surface area contributed by atoms with Crippen molar-refractivity contribution in [3.63, 3.8) is 0 Å². The van der Waals surface area contributed by atoms with Crippen LogP contribution in [0, 0.1) is 5.82 Å². The first kappa shape index (κ1) is 15.2. The van der Waals surface area contributed by atoms with E-state index in [1.165, 1.54) is 6.07 Å². The molecule has 2 aromatic rings. The van der Waals surface area contributed by atoms with Crippen molar-refractivity contribution < 1.29 is 13.9 Å². The molecule has 1 amide bonds. The van der Waals surface area contributed by atoms with Gasteiger partial charge in [-0.05, 0) is 44.9 Å². The summed E-state index contributed by atoms with van der Waals surface area (Å²) in [5.41, 5.74) is 0.634. The summed E-state index contributed by atoms with van der Waals surface area (Å²) in [4.78, 5) is 15.6. The molecule has 0 atom stereocenters. The van der Waals surface area contributed by atoms with Crippen LogP contribution in [-0.4, -0.2) is 23.2 Å².